The molecule has 6 nitrogen and oxygen atoms in total. The molecule has 3 heterocycles. The van der Waals surface area contributed by atoms with E-state index >= 15 is 0 Å². The smallest absolute Gasteiger partial charge is 0.259 e. The minimum Gasteiger partial charge on any atom is -0.493 e. The first kappa shape index (κ1) is 19.0. The summed E-state index contributed by atoms with van der Waals surface area (Å²) in [5.41, 5.74) is 1.45. The third-order valence-corrected chi connectivity index (χ3v) is 5.39. The summed E-state index contributed by atoms with van der Waals surface area (Å²) in [7, 11) is 0. The highest BCUT2D eigenvalue weighted by molar-refractivity contribution is 5.98. The van der Waals surface area contributed by atoms with Gasteiger partial charge in [-0.05, 0) is 39.2 Å². The summed E-state index contributed by atoms with van der Waals surface area (Å²) in [4.78, 5) is 30.2. The first-order valence-electron chi connectivity index (χ1n) is 10.1. The molecule has 1 fully saturated rings. The van der Waals surface area contributed by atoms with Crippen molar-refractivity contribution < 1.29 is 9.53 Å². The molecular weight excluding hydrogens is 330 g/mol. The first-order valence-corrected chi connectivity index (χ1v) is 10.1. The van der Waals surface area contributed by atoms with E-state index in [1.165, 1.54) is 6.07 Å². The van der Waals surface area contributed by atoms with Crippen molar-refractivity contribution in [3.05, 3.63) is 27.7 Å². The summed E-state index contributed by atoms with van der Waals surface area (Å²) in [6.07, 6.45) is 5.00. The van der Waals surface area contributed by atoms with Crippen molar-refractivity contribution in [1.29, 1.82) is 0 Å². The molecule has 0 aliphatic carbocycles. The number of carbonyl (C=O) groups is 1. The molecule has 0 spiro atoms. The van der Waals surface area contributed by atoms with Crippen molar-refractivity contribution in [3.8, 4) is 5.75 Å². The Labute approximate surface area is 155 Å². The summed E-state index contributed by atoms with van der Waals surface area (Å²) in [5, 5.41) is 0. The Morgan fingerprint density at radius 1 is 1.08 bits per heavy atom. The van der Waals surface area contributed by atoms with Gasteiger partial charge in [0.05, 0.1) is 6.61 Å². The molecule has 6 heteroatoms. The second-order valence-electron chi connectivity index (χ2n) is 7.20. The van der Waals surface area contributed by atoms with Gasteiger partial charge in [-0.2, -0.15) is 0 Å². The fourth-order valence-electron chi connectivity index (χ4n) is 4.06. The number of rotatable bonds is 5. The highest BCUT2D eigenvalue weighted by Gasteiger charge is 2.29. The van der Waals surface area contributed by atoms with Gasteiger partial charge in [0.15, 0.2) is 0 Å². The molecule has 2 aliphatic heterocycles. The summed E-state index contributed by atoms with van der Waals surface area (Å²) in [6.45, 7) is 9.62. The van der Waals surface area contributed by atoms with Crippen molar-refractivity contribution in [1.82, 2.24) is 14.4 Å². The molecule has 0 atom stereocenters. The van der Waals surface area contributed by atoms with E-state index in [2.05, 4.69) is 11.8 Å². The zero-order chi connectivity index (χ0) is 18.5. The zero-order valence-corrected chi connectivity index (χ0v) is 16.1. The van der Waals surface area contributed by atoms with Crippen LogP contribution in [0, 0.1) is 0 Å². The van der Waals surface area contributed by atoms with Crippen LogP contribution in [0.3, 0.4) is 0 Å². The monoisotopic (exact) mass is 361 g/mol. The number of hydrogen-bond donors (Lipinski definition) is 0. The van der Waals surface area contributed by atoms with Crippen LogP contribution in [0.2, 0.25) is 0 Å². The maximum Gasteiger partial charge on any atom is 0.259 e. The van der Waals surface area contributed by atoms with Gasteiger partial charge >= 0.3 is 0 Å². The van der Waals surface area contributed by atoms with Crippen LogP contribution >= 0.6 is 0 Å². The Bertz CT molecular complexity index is 690. The number of nitrogens with zero attached hydrogens (tertiary/aromatic N) is 3. The Balaban J connectivity index is 1.92. The molecule has 0 aromatic carbocycles. The van der Waals surface area contributed by atoms with E-state index in [1.807, 2.05) is 11.8 Å². The van der Waals surface area contributed by atoms with Crippen molar-refractivity contribution in [2.75, 3.05) is 39.3 Å². The van der Waals surface area contributed by atoms with E-state index < -0.39 is 0 Å². The topological polar surface area (TPSA) is 54.8 Å². The molecule has 26 heavy (non-hydrogen) atoms. The molecule has 1 aromatic heterocycles. The van der Waals surface area contributed by atoms with Crippen LogP contribution in [-0.4, -0.2) is 59.6 Å². The second kappa shape index (κ2) is 8.71. The Morgan fingerprint density at radius 3 is 2.54 bits per heavy atom. The van der Waals surface area contributed by atoms with Gasteiger partial charge in [-0.25, -0.2) is 0 Å². The zero-order valence-electron chi connectivity index (χ0n) is 16.1. The number of amides is 1. The molecule has 0 bridgehead atoms. The van der Waals surface area contributed by atoms with Gasteiger partial charge in [0.1, 0.15) is 11.3 Å². The third-order valence-electron chi connectivity index (χ3n) is 5.39. The lowest BCUT2D eigenvalue weighted by Crippen LogP contribution is -2.49. The fourth-order valence-corrected chi connectivity index (χ4v) is 4.06. The molecule has 2 aliphatic rings. The van der Waals surface area contributed by atoms with E-state index in [0.717, 1.165) is 70.5 Å². The Hall–Kier alpha value is -1.82. The molecule has 3 rings (SSSR count). The van der Waals surface area contributed by atoms with E-state index in [0.29, 0.717) is 24.5 Å². The molecule has 1 aromatic rings. The lowest BCUT2D eigenvalue weighted by Gasteiger charge is -2.35. The number of pyridine rings is 1. The summed E-state index contributed by atoms with van der Waals surface area (Å²) in [6, 6.07) is 1.51. The average Bonchev–Trinajstić information content (AvgIpc) is 2.89. The minimum atomic E-state index is -0.0466. The number of ether oxygens (including phenoxy) is 1. The van der Waals surface area contributed by atoms with E-state index in [9.17, 15) is 9.59 Å². The molecule has 1 saturated heterocycles. The largest absolute Gasteiger partial charge is 0.493 e. The highest BCUT2D eigenvalue weighted by atomic mass is 16.5. The van der Waals surface area contributed by atoms with Crippen LogP contribution in [0.1, 0.15) is 55.6 Å². The van der Waals surface area contributed by atoms with Gasteiger partial charge < -0.3 is 14.2 Å². The minimum absolute atomic E-state index is 0.0234. The summed E-state index contributed by atoms with van der Waals surface area (Å²) < 4.78 is 7.53. The maximum absolute atomic E-state index is 13.4. The molecule has 0 unspecified atom stereocenters. The van der Waals surface area contributed by atoms with E-state index in [-0.39, 0.29) is 11.5 Å². The summed E-state index contributed by atoms with van der Waals surface area (Å²) in [5.74, 6) is 0.488. The van der Waals surface area contributed by atoms with Crippen LogP contribution in [0.5, 0.6) is 5.75 Å². The highest BCUT2D eigenvalue weighted by Crippen LogP contribution is 2.27. The van der Waals surface area contributed by atoms with Gasteiger partial charge in [0.25, 0.3) is 11.5 Å². The van der Waals surface area contributed by atoms with Gasteiger partial charge in [-0.1, -0.05) is 13.3 Å². The first-order chi connectivity index (χ1) is 12.7. The molecule has 0 N–H and O–H groups in total. The standard InChI is InChI=1S/C20H31N3O3/c1-3-9-21-11-13-22(14-12-21)20(25)19-16-8-6-5-7-10-23(16)18(24)15-17(19)26-4-2/h15H,3-14H2,1-2H3. The van der Waals surface area contributed by atoms with Gasteiger partial charge in [-0.15, -0.1) is 0 Å². The number of carbonyl (C=O) groups excluding carboxylic acids is 1. The van der Waals surface area contributed by atoms with Crippen LogP contribution < -0.4 is 10.3 Å². The Morgan fingerprint density at radius 2 is 1.85 bits per heavy atom. The molecule has 0 saturated carbocycles. The lowest BCUT2D eigenvalue weighted by atomic mass is 10.1. The third kappa shape index (κ3) is 3.95. The number of piperazine rings is 1. The molecule has 1 amide bonds. The molecular formula is C20H31N3O3. The van der Waals surface area contributed by atoms with Crippen molar-refractivity contribution in [2.45, 2.75) is 52.5 Å². The molecule has 0 radical (unpaired) electrons. The summed E-state index contributed by atoms with van der Waals surface area (Å²) >= 11 is 0. The fraction of sp³-hybridized carbons (Fsp3) is 0.700. The average molecular weight is 361 g/mol. The van der Waals surface area contributed by atoms with Crippen molar-refractivity contribution >= 4 is 5.91 Å². The Kier molecular flexibility index (Phi) is 6.35. The van der Waals surface area contributed by atoms with Gasteiger partial charge in [-0.3, -0.25) is 14.5 Å². The van der Waals surface area contributed by atoms with Crippen LogP contribution in [0.15, 0.2) is 10.9 Å². The molecule has 144 valence electrons. The quantitative estimate of drug-likeness (QED) is 0.806. The van der Waals surface area contributed by atoms with E-state index in [4.69, 9.17) is 4.74 Å². The van der Waals surface area contributed by atoms with Crippen LogP contribution in [-0.2, 0) is 13.0 Å². The van der Waals surface area contributed by atoms with Crippen LogP contribution in [0.4, 0.5) is 0 Å². The predicted octanol–water partition coefficient (Wildman–Crippen LogP) is 2.14. The van der Waals surface area contributed by atoms with Crippen LogP contribution in [0.25, 0.3) is 0 Å². The van der Waals surface area contributed by atoms with Gasteiger partial charge in [0, 0.05) is 44.5 Å². The second-order valence-corrected chi connectivity index (χ2v) is 7.20. The lowest BCUT2D eigenvalue weighted by molar-refractivity contribution is 0.0631. The maximum atomic E-state index is 13.4. The normalized spacial score (nSPS) is 18.3. The SMILES string of the molecule is CCCN1CCN(C(=O)c2c(OCC)cc(=O)n3c2CCCCC3)CC1. The van der Waals surface area contributed by atoms with Crippen molar-refractivity contribution in [3.63, 3.8) is 0 Å². The van der Waals surface area contributed by atoms with Gasteiger partial charge in [0.2, 0.25) is 0 Å². The number of aromatic nitrogens is 1. The number of fused-ring (bicyclic) bond motifs is 1. The van der Waals surface area contributed by atoms with E-state index in [1.54, 1.807) is 4.57 Å². The predicted molar refractivity (Wildman–Crippen MR) is 102 cm³/mol. The van der Waals surface area contributed by atoms with Crippen molar-refractivity contribution in [2.24, 2.45) is 0 Å². The number of hydrogen-bond acceptors (Lipinski definition) is 4.